The Kier molecular flexibility index (Phi) is 6.51. The number of aromatic nitrogens is 1. The van der Waals surface area contributed by atoms with Crippen molar-refractivity contribution in [1.29, 1.82) is 0 Å². The van der Waals surface area contributed by atoms with Crippen LogP contribution in [0.15, 0.2) is 0 Å². The van der Waals surface area contributed by atoms with Gasteiger partial charge in [0.2, 0.25) is 0 Å². The Labute approximate surface area is 139 Å². The lowest BCUT2D eigenvalue weighted by atomic mass is 10.1. The maximum absolute atomic E-state index is 12.2. The van der Waals surface area contributed by atoms with Gasteiger partial charge in [0.25, 0.3) is 5.91 Å². The van der Waals surface area contributed by atoms with E-state index in [0.29, 0.717) is 11.3 Å². The number of carbonyl (C=O) groups excluding carboxylic acids is 4. The van der Waals surface area contributed by atoms with Gasteiger partial charge in [-0.1, -0.05) is 0 Å². The number of imide groups is 1. The summed E-state index contributed by atoms with van der Waals surface area (Å²) >= 11 is 0. The van der Waals surface area contributed by atoms with E-state index in [1.54, 1.807) is 20.8 Å². The minimum Gasteiger partial charge on any atom is -0.462 e. The van der Waals surface area contributed by atoms with Crippen LogP contribution in [0.1, 0.15) is 46.0 Å². The summed E-state index contributed by atoms with van der Waals surface area (Å²) in [5.74, 6) is -2.13. The molecule has 9 nitrogen and oxygen atoms in total. The number of carbonyl (C=O) groups is 4. The number of rotatable bonds is 5. The summed E-state index contributed by atoms with van der Waals surface area (Å²) in [7, 11) is 1.35. The minimum absolute atomic E-state index is 0.0511. The van der Waals surface area contributed by atoms with Gasteiger partial charge in [-0.25, -0.2) is 14.4 Å². The molecule has 0 spiro atoms. The lowest BCUT2D eigenvalue weighted by Gasteiger charge is -2.12. The van der Waals surface area contributed by atoms with Gasteiger partial charge in [-0.2, -0.15) is 0 Å². The molecule has 132 valence electrons. The Hall–Kier alpha value is -2.84. The first kappa shape index (κ1) is 19.2. The number of nitrogens with one attached hydrogen (secondary N) is 3. The standard InChI is InChI=1S/C15H21N3O6/c1-6-23-13(20)10-7(2)11(17-8(10)3)14(21)24-9(4)12(19)18-15(22)16-5/h9,17H,6H2,1-5H3,(H2,16,18,19,22)/t9-/m0/s1. The highest BCUT2D eigenvalue weighted by atomic mass is 16.5. The van der Waals surface area contributed by atoms with Crippen LogP contribution in [0.5, 0.6) is 0 Å². The van der Waals surface area contributed by atoms with E-state index >= 15 is 0 Å². The smallest absolute Gasteiger partial charge is 0.355 e. The molecule has 1 rings (SSSR count). The van der Waals surface area contributed by atoms with E-state index in [2.05, 4.69) is 10.3 Å². The predicted octanol–water partition coefficient (Wildman–Crippen LogP) is 0.809. The van der Waals surface area contributed by atoms with Gasteiger partial charge in [-0.3, -0.25) is 10.1 Å². The van der Waals surface area contributed by atoms with Crippen molar-refractivity contribution in [3.05, 3.63) is 22.5 Å². The zero-order valence-corrected chi connectivity index (χ0v) is 14.2. The Morgan fingerprint density at radius 2 is 1.79 bits per heavy atom. The average molecular weight is 339 g/mol. The summed E-state index contributed by atoms with van der Waals surface area (Å²) < 4.78 is 9.96. The third-order valence-electron chi connectivity index (χ3n) is 3.24. The van der Waals surface area contributed by atoms with Gasteiger partial charge in [0.15, 0.2) is 6.10 Å². The summed E-state index contributed by atoms with van der Waals surface area (Å²) in [5, 5.41) is 4.21. The van der Waals surface area contributed by atoms with Crippen LogP contribution >= 0.6 is 0 Å². The van der Waals surface area contributed by atoms with Crippen molar-refractivity contribution in [2.45, 2.75) is 33.8 Å². The molecule has 3 N–H and O–H groups in total. The number of H-pyrrole nitrogens is 1. The molecule has 1 aromatic heterocycles. The first-order chi connectivity index (χ1) is 11.2. The summed E-state index contributed by atoms with van der Waals surface area (Å²) in [6.45, 7) is 6.41. The highest BCUT2D eigenvalue weighted by Gasteiger charge is 2.26. The Bertz CT molecular complexity index is 664. The first-order valence-electron chi connectivity index (χ1n) is 7.32. The maximum Gasteiger partial charge on any atom is 0.355 e. The third kappa shape index (κ3) is 4.34. The van der Waals surface area contributed by atoms with E-state index in [4.69, 9.17) is 9.47 Å². The van der Waals surface area contributed by atoms with Crippen LogP contribution in [0.25, 0.3) is 0 Å². The molecule has 3 amide bonds. The van der Waals surface area contributed by atoms with Gasteiger partial charge < -0.3 is 19.8 Å². The second kappa shape index (κ2) is 8.14. The van der Waals surface area contributed by atoms with Gasteiger partial charge >= 0.3 is 18.0 Å². The van der Waals surface area contributed by atoms with Crippen molar-refractivity contribution in [2.24, 2.45) is 0 Å². The van der Waals surface area contributed by atoms with Crippen molar-refractivity contribution in [3.63, 3.8) is 0 Å². The summed E-state index contributed by atoms with van der Waals surface area (Å²) in [6.07, 6.45) is -1.19. The lowest BCUT2D eigenvalue weighted by molar-refractivity contribution is -0.127. The molecular weight excluding hydrogens is 318 g/mol. The molecule has 1 aromatic rings. The van der Waals surface area contributed by atoms with Crippen molar-refractivity contribution in [1.82, 2.24) is 15.6 Å². The van der Waals surface area contributed by atoms with Gasteiger partial charge in [0, 0.05) is 12.7 Å². The number of aryl methyl sites for hydroxylation is 1. The maximum atomic E-state index is 12.2. The number of amides is 3. The van der Waals surface area contributed by atoms with Gasteiger partial charge in [0.05, 0.1) is 12.2 Å². The summed E-state index contributed by atoms with van der Waals surface area (Å²) in [5.41, 5.74) is 1.14. The molecule has 1 heterocycles. The molecule has 0 aliphatic heterocycles. The Morgan fingerprint density at radius 3 is 2.33 bits per heavy atom. The van der Waals surface area contributed by atoms with Crippen LogP contribution in [0.2, 0.25) is 0 Å². The fraction of sp³-hybridized carbons (Fsp3) is 0.467. The van der Waals surface area contributed by atoms with Crippen molar-refractivity contribution < 1.29 is 28.7 Å². The topological polar surface area (TPSA) is 127 Å². The molecule has 24 heavy (non-hydrogen) atoms. The van der Waals surface area contributed by atoms with E-state index in [9.17, 15) is 19.2 Å². The number of ether oxygens (including phenoxy) is 2. The third-order valence-corrected chi connectivity index (χ3v) is 3.24. The molecule has 0 saturated heterocycles. The first-order valence-corrected chi connectivity index (χ1v) is 7.32. The largest absolute Gasteiger partial charge is 0.462 e. The second-order valence-corrected chi connectivity index (χ2v) is 4.96. The Morgan fingerprint density at radius 1 is 1.17 bits per heavy atom. The fourth-order valence-corrected chi connectivity index (χ4v) is 2.01. The molecule has 0 fully saturated rings. The van der Waals surface area contributed by atoms with Gasteiger partial charge in [-0.15, -0.1) is 0 Å². The molecule has 9 heteroatoms. The number of hydrogen-bond acceptors (Lipinski definition) is 6. The quantitative estimate of drug-likeness (QED) is 0.681. The zero-order chi connectivity index (χ0) is 18.4. The van der Waals surface area contributed by atoms with Crippen molar-refractivity contribution >= 4 is 23.9 Å². The summed E-state index contributed by atoms with van der Waals surface area (Å²) in [6, 6.07) is -0.709. The van der Waals surface area contributed by atoms with E-state index in [1.807, 2.05) is 5.32 Å². The minimum atomic E-state index is -1.19. The number of urea groups is 1. The van der Waals surface area contributed by atoms with E-state index in [1.165, 1.54) is 14.0 Å². The van der Waals surface area contributed by atoms with Crippen LogP contribution in [0.4, 0.5) is 4.79 Å². The fourth-order valence-electron chi connectivity index (χ4n) is 2.01. The zero-order valence-electron chi connectivity index (χ0n) is 14.2. The molecule has 0 aliphatic rings. The average Bonchev–Trinajstić information content (AvgIpc) is 2.82. The molecule has 0 radical (unpaired) electrons. The molecular formula is C15H21N3O6. The van der Waals surface area contributed by atoms with E-state index in [-0.39, 0.29) is 17.9 Å². The van der Waals surface area contributed by atoms with Gasteiger partial charge in [-0.05, 0) is 33.3 Å². The van der Waals surface area contributed by atoms with Crippen LogP contribution in [-0.4, -0.2) is 48.6 Å². The molecule has 0 unspecified atom stereocenters. The second-order valence-electron chi connectivity index (χ2n) is 4.96. The van der Waals surface area contributed by atoms with Crippen LogP contribution in [-0.2, 0) is 14.3 Å². The molecule has 0 aromatic carbocycles. The summed E-state index contributed by atoms with van der Waals surface area (Å²) in [4.78, 5) is 49.6. The van der Waals surface area contributed by atoms with Crippen LogP contribution in [0.3, 0.4) is 0 Å². The van der Waals surface area contributed by atoms with E-state index < -0.39 is 30.0 Å². The van der Waals surface area contributed by atoms with Crippen molar-refractivity contribution in [2.75, 3.05) is 13.7 Å². The molecule has 0 aliphatic carbocycles. The van der Waals surface area contributed by atoms with Crippen LogP contribution in [0, 0.1) is 13.8 Å². The number of hydrogen-bond donors (Lipinski definition) is 3. The Balaban J connectivity index is 2.89. The number of esters is 2. The highest BCUT2D eigenvalue weighted by Crippen LogP contribution is 2.20. The van der Waals surface area contributed by atoms with E-state index in [0.717, 1.165) is 0 Å². The highest BCUT2D eigenvalue weighted by molar-refractivity contribution is 6.00. The van der Waals surface area contributed by atoms with Gasteiger partial charge in [0.1, 0.15) is 5.69 Å². The molecule has 0 saturated carbocycles. The number of aromatic amines is 1. The predicted molar refractivity (Wildman–Crippen MR) is 83.7 cm³/mol. The van der Waals surface area contributed by atoms with Crippen molar-refractivity contribution in [3.8, 4) is 0 Å². The monoisotopic (exact) mass is 339 g/mol. The SMILES string of the molecule is CCOC(=O)c1c(C)[nH]c(C(=O)O[C@@H](C)C(=O)NC(=O)NC)c1C. The molecule has 0 bridgehead atoms. The molecule has 1 atom stereocenters. The lowest BCUT2D eigenvalue weighted by Crippen LogP contribution is -2.43. The normalized spacial score (nSPS) is 11.4. The van der Waals surface area contributed by atoms with Crippen LogP contribution < -0.4 is 10.6 Å².